The minimum Gasteiger partial charge on any atom is -0.461 e. The first-order chi connectivity index (χ1) is 10.2. The summed E-state index contributed by atoms with van der Waals surface area (Å²) >= 11 is 0. The fraction of sp³-hybridized carbons (Fsp3) is 0.722. The van der Waals surface area contributed by atoms with Gasteiger partial charge in [0.1, 0.15) is 6.61 Å². The number of hydrogen-bond donors (Lipinski definition) is 2. The van der Waals surface area contributed by atoms with Crippen LogP contribution in [0.15, 0.2) is 12.2 Å². The van der Waals surface area contributed by atoms with Gasteiger partial charge in [-0.1, -0.05) is 45.1 Å². The fourth-order valence-corrected chi connectivity index (χ4v) is 1.61. The van der Waals surface area contributed by atoms with Gasteiger partial charge < -0.3 is 29.3 Å². The topological polar surface area (TPSA) is 66.8 Å². The Morgan fingerprint density at radius 3 is 1.74 bits per heavy atom. The Hall–Kier alpha value is -0.156. The zero-order valence-electron chi connectivity index (χ0n) is 15.7. The van der Waals surface area contributed by atoms with E-state index in [1.54, 1.807) is 0 Å². The van der Waals surface area contributed by atoms with Gasteiger partial charge in [0.25, 0.3) is 0 Å². The van der Waals surface area contributed by atoms with Gasteiger partial charge in [0, 0.05) is 20.6 Å². The molecular formula is C18H38O4Ti. The van der Waals surface area contributed by atoms with Crippen LogP contribution in [-0.4, -0.2) is 37.0 Å². The standard InChI is InChI=1S/C15H27O2.2CH4O.CH3.Ti/c1-4-5-6-7-8-9-10-11-12-15(16)17-13-14(2)3;2*1-2;;/h1-2,4-13H2,3H3;2*2H,1H3;1H3;/q-1;;;-1;+2. The first-order valence-electron chi connectivity index (χ1n) is 7.65. The molecule has 0 saturated carbocycles. The van der Waals surface area contributed by atoms with Crippen LogP contribution in [0.1, 0.15) is 64.7 Å². The first kappa shape index (κ1) is 34.2. The molecule has 0 fully saturated rings. The van der Waals surface area contributed by atoms with E-state index in [1.165, 1.54) is 32.1 Å². The van der Waals surface area contributed by atoms with E-state index >= 15 is 0 Å². The molecule has 0 rings (SSSR count). The third-order valence-corrected chi connectivity index (χ3v) is 2.61. The minimum absolute atomic E-state index is 0. The average molecular weight is 366 g/mol. The van der Waals surface area contributed by atoms with Crippen LogP contribution in [-0.2, 0) is 31.2 Å². The van der Waals surface area contributed by atoms with Crippen molar-refractivity contribution in [2.24, 2.45) is 0 Å². The number of hydrogen-bond acceptors (Lipinski definition) is 4. The Kier molecular flexibility index (Phi) is 49.8. The predicted octanol–water partition coefficient (Wildman–Crippen LogP) is 4.12. The maximum Gasteiger partial charge on any atom is 2.00 e. The third kappa shape index (κ3) is 39.0. The van der Waals surface area contributed by atoms with Gasteiger partial charge >= 0.3 is 27.7 Å². The van der Waals surface area contributed by atoms with Gasteiger partial charge in [-0.15, -0.1) is 0 Å². The zero-order valence-corrected chi connectivity index (χ0v) is 17.3. The second-order valence-corrected chi connectivity index (χ2v) is 4.70. The fourth-order valence-electron chi connectivity index (χ4n) is 1.61. The summed E-state index contributed by atoms with van der Waals surface area (Å²) in [6, 6.07) is 0. The van der Waals surface area contributed by atoms with E-state index in [-0.39, 0.29) is 35.1 Å². The number of ether oxygens (including phenoxy) is 1. The maximum absolute atomic E-state index is 11.3. The molecule has 23 heavy (non-hydrogen) atoms. The smallest absolute Gasteiger partial charge is 0.461 e. The third-order valence-electron chi connectivity index (χ3n) is 2.61. The van der Waals surface area contributed by atoms with Crippen LogP contribution in [0.25, 0.3) is 0 Å². The number of unbranched alkanes of at least 4 members (excludes halogenated alkanes) is 7. The number of esters is 1. The van der Waals surface area contributed by atoms with Gasteiger partial charge in [0.05, 0.1) is 0 Å². The molecule has 0 atom stereocenters. The van der Waals surface area contributed by atoms with Crippen LogP contribution < -0.4 is 0 Å². The van der Waals surface area contributed by atoms with Gasteiger partial charge in [-0.25, -0.2) is 0 Å². The molecule has 0 unspecified atom stereocenters. The quantitative estimate of drug-likeness (QED) is 0.190. The average Bonchev–Trinajstić information content (AvgIpc) is 2.52. The summed E-state index contributed by atoms with van der Waals surface area (Å²) in [5, 5.41) is 14.0. The molecule has 0 spiro atoms. The van der Waals surface area contributed by atoms with Crippen LogP contribution in [0.4, 0.5) is 0 Å². The van der Waals surface area contributed by atoms with Crippen molar-refractivity contribution in [1.82, 2.24) is 0 Å². The molecule has 4 nitrogen and oxygen atoms in total. The van der Waals surface area contributed by atoms with E-state index in [9.17, 15) is 4.79 Å². The molecule has 0 aliphatic carbocycles. The Morgan fingerprint density at radius 1 is 0.957 bits per heavy atom. The summed E-state index contributed by atoms with van der Waals surface area (Å²) in [4.78, 5) is 11.3. The van der Waals surface area contributed by atoms with Crippen LogP contribution in [0.2, 0.25) is 0 Å². The molecule has 2 N–H and O–H groups in total. The molecule has 0 heterocycles. The normalized spacial score (nSPS) is 8.09. The Balaban J connectivity index is -0.000000166. The van der Waals surface area contributed by atoms with E-state index in [1.807, 2.05) is 6.92 Å². The van der Waals surface area contributed by atoms with Crippen molar-refractivity contribution in [3.05, 3.63) is 26.5 Å². The predicted molar refractivity (Wildman–Crippen MR) is 95.4 cm³/mol. The molecule has 138 valence electrons. The zero-order chi connectivity index (χ0) is 16.9. The largest absolute Gasteiger partial charge is 2.00 e. The SMILES string of the molecule is C=C(C)COC(=O)CCCCCCCCC[CH2-].CO.CO.[CH3-].[Ti+2]. The monoisotopic (exact) mass is 366 g/mol. The van der Waals surface area contributed by atoms with Gasteiger partial charge in [-0.05, 0) is 18.9 Å². The van der Waals surface area contributed by atoms with Crippen molar-refractivity contribution in [3.8, 4) is 0 Å². The van der Waals surface area contributed by atoms with Crippen molar-refractivity contribution in [2.45, 2.75) is 64.7 Å². The summed E-state index contributed by atoms with van der Waals surface area (Å²) in [7, 11) is 2.00. The molecule has 0 aliphatic rings. The van der Waals surface area contributed by atoms with Crippen LogP contribution in [0, 0.1) is 14.4 Å². The van der Waals surface area contributed by atoms with E-state index in [0.717, 1.165) is 39.1 Å². The molecule has 0 amide bonds. The van der Waals surface area contributed by atoms with Crippen LogP contribution in [0.5, 0.6) is 0 Å². The Labute approximate surface area is 159 Å². The van der Waals surface area contributed by atoms with Crippen molar-refractivity contribution < 1.29 is 41.5 Å². The minimum atomic E-state index is -0.0925. The molecule has 0 aromatic rings. The Morgan fingerprint density at radius 2 is 1.35 bits per heavy atom. The van der Waals surface area contributed by atoms with Gasteiger partial charge in [0.15, 0.2) is 0 Å². The number of rotatable bonds is 11. The summed E-state index contributed by atoms with van der Waals surface area (Å²) in [6.07, 6.45) is 10.0. The second kappa shape index (κ2) is 33.5. The summed E-state index contributed by atoms with van der Waals surface area (Å²) in [6.45, 7) is 9.74. The van der Waals surface area contributed by atoms with Crippen molar-refractivity contribution in [3.63, 3.8) is 0 Å². The maximum atomic E-state index is 11.3. The van der Waals surface area contributed by atoms with E-state index < -0.39 is 0 Å². The number of carbonyl (C=O) groups is 1. The van der Waals surface area contributed by atoms with E-state index in [0.29, 0.717) is 13.0 Å². The molecule has 0 aromatic heterocycles. The van der Waals surface area contributed by atoms with Gasteiger partial charge in [-0.3, -0.25) is 4.79 Å². The Bertz CT molecular complexity index is 221. The second-order valence-electron chi connectivity index (χ2n) is 4.70. The molecule has 0 saturated heterocycles. The first-order valence-corrected chi connectivity index (χ1v) is 7.65. The number of carbonyl (C=O) groups excluding carboxylic acids is 1. The summed E-state index contributed by atoms with van der Waals surface area (Å²) in [5.74, 6) is -0.0925. The molecule has 0 aliphatic heterocycles. The molecule has 0 bridgehead atoms. The van der Waals surface area contributed by atoms with Crippen molar-refractivity contribution in [2.75, 3.05) is 20.8 Å². The summed E-state index contributed by atoms with van der Waals surface area (Å²) < 4.78 is 5.02. The molecular weight excluding hydrogens is 328 g/mol. The van der Waals surface area contributed by atoms with Gasteiger partial charge in [0.2, 0.25) is 0 Å². The van der Waals surface area contributed by atoms with E-state index in [2.05, 4.69) is 13.5 Å². The van der Waals surface area contributed by atoms with Crippen LogP contribution in [0.3, 0.4) is 0 Å². The van der Waals surface area contributed by atoms with Gasteiger partial charge in [-0.2, -0.15) is 6.42 Å². The molecule has 5 heteroatoms. The van der Waals surface area contributed by atoms with Crippen molar-refractivity contribution in [1.29, 1.82) is 0 Å². The molecule has 0 radical (unpaired) electrons. The van der Waals surface area contributed by atoms with Crippen LogP contribution >= 0.6 is 0 Å². The van der Waals surface area contributed by atoms with Crippen molar-refractivity contribution >= 4 is 5.97 Å². The number of aliphatic hydroxyl groups is 2. The van der Waals surface area contributed by atoms with E-state index in [4.69, 9.17) is 14.9 Å². The summed E-state index contributed by atoms with van der Waals surface area (Å²) in [5.41, 5.74) is 0.892. The number of aliphatic hydroxyl groups excluding tert-OH is 2. The molecule has 0 aromatic carbocycles.